The second-order valence-electron chi connectivity index (χ2n) is 6.19. The lowest BCUT2D eigenvalue weighted by Crippen LogP contribution is -2.42. The maximum Gasteiger partial charge on any atom is 0.252 e. The van der Waals surface area contributed by atoms with Crippen LogP contribution in [-0.2, 0) is 4.79 Å². The molecule has 140 valence electrons. The van der Waals surface area contributed by atoms with Crippen LogP contribution < -0.4 is 10.6 Å². The Morgan fingerprint density at radius 3 is 2.85 bits per heavy atom. The van der Waals surface area contributed by atoms with Crippen LogP contribution in [0.1, 0.15) is 10.4 Å². The second-order valence-corrected chi connectivity index (χ2v) is 6.19. The number of hydrogen-bond donors (Lipinski definition) is 4. The Bertz CT molecular complexity index is 968. The molecule has 0 fully saturated rings. The van der Waals surface area contributed by atoms with E-state index in [0.29, 0.717) is 11.4 Å². The minimum absolute atomic E-state index is 0.169. The quantitative estimate of drug-likeness (QED) is 0.512. The van der Waals surface area contributed by atoms with Crippen molar-refractivity contribution < 1.29 is 14.7 Å². The van der Waals surface area contributed by atoms with Gasteiger partial charge in [0.1, 0.15) is 11.9 Å². The van der Waals surface area contributed by atoms with E-state index in [1.54, 1.807) is 18.3 Å². The zero-order chi connectivity index (χ0) is 19.4. The van der Waals surface area contributed by atoms with Gasteiger partial charge in [-0.1, -0.05) is 0 Å². The van der Waals surface area contributed by atoms with E-state index < -0.39 is 17.9 Å². The summed E-state index contributed by atoms with van der Waals surface area (Å²) in [6.07, 6.45) is 1.94. The molecule has 0 aliphatic carbocycles. The fourth-order valence-electron chi connectivity index (χ4n) is 2.49. The predicted molar refractivity (Wildman–Crippen MR) is 101 cm³/mol. The summed E-state index contributed by atoms with van der Waals surface area (Å²) in [7, 11) is 3.07. The van der Waals surface area contributed by atoms with Crippen LogP contribution in [0.3, 0.4) is 0 Å². The van der Waals surface area contributed by atoms with E-state index in [0.717, 1.165) is 16.6 Å². The molecule has 3 aromatic rings. The summed E-state index contributed by atoms with van der Waals surface area (Å²) in [6, 6.07) is 8.83. The molecule has 0 aliphatic heterocycles. The number of aliphatic hydroxyl groups excluding tert-OH is 1. The zero-order valence-electron chi connectivity index (χ0n) is 14.9. The molecule has 0 saturated heterocycles. The highest BCUT2D eigenvalue weighted by Crippen LogP contribution is 2.20. The van der Waals surface area contributed by atoms with Crippen LogP contribution >= 0.6 is 0 Å². The number of rotatable bonds is 6. The van der Waals surface area contributed by atoms with Gasteiger partial charge in [0.2, 0.25) is 0 Å². The van der Waals surface area contributed by atoms with Gasteiger partial charge in [-0.05, 0) is 30.3 Å². The van der Waals surface area contributed by atoms with Crippen LogP contribution in [0, 0.1) is 0 Å². The number of nitrogens with one attached hydrogen (secondary N) is 3. The third kappa shape index (κ3) is 4.39. The van der Waals surface area contributed by atoms with Gasteiger partial charge in [0.15, 0.2) is 0 Å². The number of benzene rings is 1. The number of nitrogens with zero attached hydrogens (tertiary/aromatic N) is 3. The maximum absolute atomic E-state index is 12.3. The monoisotopic (exact) mass is 368 g/mol. The predicted octanol–water partition coefficient (Wildman–Crippen LogP) is 0.880. The molecule has 2 aromatic heterocycles. The van der Waals surface area contributed by atoms with E-state index in [4.69, 9.17) is 0 Å². The third-order valence-corrected chi connectivity index (χ3v) is 3.92. The van der Waals surface area contributed by atoms with Crippen LogP contribution in [0.15, 0.2) is 42.7 Å². The lowest BCUT2D eigenvalue weighted by molar-refractivity contribution is -0.137. The topological polar surface area (TPSA) is 123 Å². The lowest BCUT2D eigenvalue weighted by atomic mass is 10.2. The summed E-state index contributed by atoms with van der Waals surface area (Å²) < 4.78 is 0. The molecule has 27 heavy (non-hydrogen) atoms. The van der Waals surface area contributed by atoms with Crippen molar-refractivity contribution in [3.63, 3.8) is 0 Å². The molecule has 0 radical (unpaired) electrons. The van der Waals surface area contributed by atoms with E-state index in [9.17, 15) is 14.7 Å². The average molecular weight is 368 g/mol. The van der Waals surface area contributed by atoms with Gasteiger partial charge in [0, 0.05) is 36.9 Å². The average Bonchev–Trinajstić information content (AvgIpc) is 3.13. The third-order valence-electron chi connectivity index (χ3n) is 3.92. The Morgan fingerprint density at radius 1 is 1.26 bits per heavy atom. The summed E-state index contributed by atoms with van der Waals surface area (Å²) in [5, 5.41) is 23.2. The van der Waals surface area contributed by atoms with Gasteiger partial charge in [-0.3, -0.25) is 14.7 Å². The van der Waals surface area contributed by atoms with Crippen molar-refractivity contribution in [2.24, 2.45) is 0 Å². The van der Waals surface area contributed by atoms with Crippen LogP contribution in [-0.4, -0.2) is 63.7 Å². The zero-order valence-corrected chi connectivity index (χ0v) is 14.9. The molecule has 1 aromatic carbocycles. The highest BCUT2D eigenvalue weighted by atomic mass is 16.3. The van der Waals surface area contributed by atoms with Crippen LogP contribution in [0.4, 0.5) is 11.5 Å². The van der Waals surface area contributed by atoms with Gasteiger partial charge >= 0.3 is 0 Å². The summed E-state index contributed by atoms with van der Waals surface area (Å²) in [6.45, 7) is -0.169. The van der Waals surface area contributed by atoms with Gasteiger partial charge in [-0.15, -0.1) is 0 Å². The first kappa shape index (κ1) is 18.3. The van der Waals surface area contributed by atoms with Gasteiger partial charge in [-0.25, -0.2) is 4.98 Å². The van der Waals surface area contributed by atoms with Crippen LogP contribution in [0.2, 0.25) is 0 Å². The number of carbonyl (C=O) groups excluding carboxylic acids is 2. The van der Waals surface area contributed by atoms with E-state index in [2.05, 4.69) is 25.8 Å². The van der Waals surface area contributed by atoms with Gasteiger partial charge in [0.05, 0.1) is 18.3 Å². The number of aromatic amines is 1. The number of likely N-dealkylation sites (N-methyl/N-ethyl adjacent to an activating group) is 1. The summed E-state index contributed by atoms with van der Waals surface area (Å²) in [4.78, 5) is 29.4. The van der Waals surface area contributed by atoms with Crippen molar-refractivity contribution in [2.45, 2.75) is 6.10 Å². The van der Waals surface area contributed by atoms with Gasteiger partial charge in [-0.2, -0.15) is 5.10 Å². The van der Waals surface area contributed by atoms with Crippen molar-refractivity contribution in [1.29, 1.82) is 0 Å². The summed E-state index contributed by atoms with van der Waals surface area (Å²) in [5.41, 5.74) is 2.09. The molecule has 9 heteroatoms. The number of H-pyrrole nitrogens is 1. The maximum atomic E-state index is 12.3. The van der Waals surface area contributed by atoms with Crippen molar-refractivity contribution in [1.82, 2.24) is 25.4 Å². The van der Waals surface area contributed by atoms with Crippen LogP contribution in [0.5, 0.6) is 0 Å². The smallest absolute Gasteiger partial charge is 0.252 e. The second kappa shape index (κ2) is 7.83. The van der Waals surface area contributed by atoms with E-state index in [-0.39, 0.29) is 6.54 Å². The number of amides is 2. The highest BCUT2D eigenvalue weighted by Gasteiger charge is 2.18. The number of carbonyl (C=O) groups is 2. The first-order valence-corrected chi connectivity index (χ1v) is 8.27. The minimum Gasteiger partial charge on any atom is -0.381 e. The molecule has 2 heterocycles. The molecular weight excluding hydrogens is 348 g/mol. The normalized spacial score (nSPS) is 11.8. The molecule has 4 N–H and O–H groups in total. The van der Waals surface area contributed by atoms with E-state index in [1.165, 1.54) is 25.2 Å². The molecule has 9 nitrogen and oxygen atoms in total. The minimum atomic E-state index is -1.29. The molecular formula is C18H20N6O3. The van der Waals surface area contributed by atoms with Gasteiger partial charge in [0.25, 0.3) is 11.8 Å². The van der Waals surface area contributed by atoms with Crippen LogP contribution in [0.25, 0.3) is 10.9 Å². The first-order chi connectivity index (χ1) is 12.9. The molecule has 3 rings (SSSR count). The Balaban J connectivity index is 1.65. The summed E-state index contributed by atoms with van der Waals surface area (Å²) in [5.74, 6) is -0.381. The largest absolute Gasteiger partial charge is 0.381 e. The molecule has 0 unspecified atom stereocenters. The van der Waals surface area contributed by atoms with Crippen molar-refractivity contribution in [2.75, 3.05) is 26.0 Å². The lowest BCUT2D eigenvalue weighted by Gasteiger charge is -2.16. The van der Waals surface area contributed by atoms with Crippen molar-refractivity contribution in [3.8, 4) is 0 Å². The Labute approximate surface area is 155 Å². The van der Waals surface area contributed by atoms with Crippen molar-refractivity contribution in [3.05, 3.63) is 48.3 Å². The number of fused-ring (bicyclic) bond motifs is 1. The number of anilines is 2. The fourth-order valence-corrected chi connectivity index (χ4v) is 2.49. The molecule has 0 aliphatic rings. The number of pyridine rings is 1. The molecule has 0 saturated carbocycles. The van der Waals surface area contributed by atoms with E-state index >= 15 is 0 Å². The first-order valence-electron chi connectivity index (χ1n) is 8.27. The van der Waals surface area contributed by atoms with E-state index in [1.807, 2.05) is 18.2 Å². The number of hydrogen-bond acceptors (Lipinski definition) is 6. The van der Waals surface area contributed by atoms with Crippen molar-refractivity contribution >= 4 is 34.2 Å². The summed E-state index contributed by atoms with van der Waals surface area (Å²) >= 11 is 0. The molecule has 0 spiro atoms. The Morgan fingerprint density at radius 2 is 2.07 bits per heavy atom. The molecule has 0 bridgehead atoms. The fraction of sp³-hybridized carbons (Fsp3) is 0.222. The Hall–Kier alpha value is -3.46. The standard InChI is InChI=1S/C18H20N6O3/c1-24(2)18(27)15(25)10-20-17(26)11-5-6-19-16(8-11)22-13-3-4-14-12(7-13)9-21-23-14/h3-9,15,25H,10H2,1-2H3,(H,19,22)(H,20,26)(H,21,23)/t15-/m1/s1. The SMILES string of the molecule is CN(C)C(=O)[C@H](O)CNC(=O)c1ccnc(Nc2ccc3[nH]ncc3c2)c1. The van der Waals surface area contributed by atoms with Gasteiger partial charge < -0.3 is 20.6 Å². The molecule has 1 atom stereocenters. The number of aromatic nitrogens is 3. The highest BCUT2D eigenvalue weighted by molar-refractivity contribution is 5.95. The molecule has 2 amide bonds. The number of aliphatic hydroxyl groups is 1. The Kier molecular flexibility index (Phi) is 5.32.